The Morgan fingerprint density at radius 2 is 2.00 bits per heavy atom. The van der Waals surface area contributed by atoms with Gasteiger partial charge >= 0.3 is 0 Å². The third kappa shape index (κ3) is 3.94. The molecule has 1 aromatic carbocycles. The van der Waals surface area contributed by atoms with Crippen molar-refractivity contribution in [2.24, 2.45) is 0 Å². The van der Waals surface area contributed by atoms with Crippen LogP contribution in [0, 0.1) is 0 Å². The van der Waals surface area contributed by atoms with E-state index in [2.05, 4.69) is 5.32 Å². The van der Waals surface area contributed by atoms with Gasteiger partial charge in [-0.05, 0) is 18.9 Å². The van der Waals surface area contributed by atoms with E-state index < -0.39 is 10.8 Å². The van der Waals surface area contributed by atoms with Gasteiger partial charge in [-0.2, -0.15) is 0 Å². The Bertz CT molecular complexity index is 440. The summed E-state index contributed by atoms with van der Waals surface area (Å²) < 4.78 is 21.9. The second-order valence-electron chi connectivity index (χ2n) is 4.68. The van der Waals surface area contributed by atoms with Crippen LogP contribution >= 0.6 is 0 Å². The Kier molecular flexibility index (Phi) is 5.22. The maximum absolute atomic E-state index is 11.3. The molecule has 0 aliphatic carbocycles. The predicted octanol–water partition coefficient (Wildman–Crippen LogP) is 1.70. The Morgan fingerprint density at radius 1 is 1.26 bits per heavy atom. The molecule has 0 aromatic heterocycles. The first-order valence-electron chi connectivity index (χ1n) is 6.52. The van der Waals surface area contributed by atoms with Gasteiger partial charge in [0, 0.05) is 46.5 Å². The average Bonchev–Trinajstić information content (AvgIpc) is 2.46. The van der Waals surface area contributed by atoms with Gasteiger partial charge in [0.05, 0.1) is 14.2 Å². The van der Waals surface area contributed by atoms with Gasteiger partial charge in [-0.15, -0.1) is 0 Å². The Hall–Kier alpha value is -1.07. The Labute approximate surface area is 116 Å². The third-order valence-corrected chi connectivity index (χ3v) is 4.85. The first-order chi connectivity index (χ1) is 9.22. The van der Waals surface area contributed by atoms with Crippen LogP contribution in [0.3, 0.4) is 0 Å². The Morgan fingerprint density at radius 3 is 2.63 bits per heavy atom. The second kappa shape index (κ2) is 6.91. The molecule has 1 aliphatic rings. The van der Waals surface area contributed by atoms with Gasteiger partial charge in [-0.1, -0.05) is 6.07 Å². The molecule has 19 heavy (non-hydrogen) atoms. The summed E-state index contributed by atoms with van der Waals surface area (Å²) in [6, 6.07) is 6.32. The van der Waals surface area contributed by atoms with Crippen LogP contribution in [0.5, 0.6) is 11.5 Å². The van der Waals surface area contributed by atoms with Crippen LogP contribution < -0.4 is 14.8 Å². The van der Waals surface area contributed by atoms with E-state index in [1.54, 1.807) is 14.2 Å². The standard InChI is InChI=1S/C14H21NO3S/c1-17-13-4-3-11(14(9-13)18-2)10-15-12-5-7-19(16)8-6-12/h3-4,9,12,15H,5-8,10H2,1-2H3. The van der Waals surface area contributed by atoms with Crippen LogP contribution in [0.4, 0.5) is 0 Å². The molecule has 4 nitrogen and oxygen atoms in total. The molecule has 1 N–H and O–H groups in total. The molecule has 0 atom stereocenters. The molecule has 0 unspecified atom stereocenters. The minimum absolute atomic E-state index is 0.463. The molecule has 1 fully saturated rings. The van der Waals surface area contributed by atoms with Gasteiger partial charge in [0.1, 0.15) is 11.5 Å². The number of benzene rings is 1. The molecular weight excluding hydrogens is 262 g/mol. The van der Waals surface area contributed by atoms with E-state index in [4.69, 9.17) is 9.47 Å². The summed E-state index contributed by atoms with van der Waals surface area (Å²) in [5.41, 5.74) is 1.12. The average molecular weight is 283 g/mol. The highest BCUT2D eigenvalue weighted by molar-refractivity contribution is 7.85. The molecule has 0 amide bonds. The van der Waals surface area contributed by atoms with Gasteiger partial charge in [-0.25, -0.2) is 0 Å². The molecule has 1 heterocycles. The monoisotopic (exact) mass is 283 g/mol. The summed E-state index contributed by atoms with van der Waals surface area (Å²) in [5, 5.41) is 3.52. The van der Waals surface area contributed by atoms with Crippen LogP contribution in [0.15, 0.2) is 18.2 Å². The van der Waals surface area contributed by atoms with Gasteiger partial charge < -0.3 is 14.8 Å². The number of hydrogen-bond acceptors (Lipinski definition) is 4. The fourth-order valence-corrected chi connectivity index (χ4v) is 3.55. The molecule has 0 radical (unpaired) electrons. The van der Waals surface area contributed by atoms with Crippen molar-refractivity contribution < 1.29 is 13.7 Å². The lowest BCUT2D eigenvalue weighted by atomic mass is 10.1. The lowest BCUT2D eigenvalue weighted by molar-refractivity contribution is 0.387. The van der Waals surface area contributed by atoms with Crippen molar-refractivity contribution in [3.8, 4) is 11.5 Å². The maximum atomic E-state index is 11.3. The lowest BCUT2D eigenvalue weighted by Gasteiger charge is -2.23. The highest BCUT2D eigenvalue weighted by Gasteiger charge is 2.17. The van der Waals surface area contributed by atoms with Gasteiger partial charge in [0.2, 0.25) is 0 Å². The molecule has 5 heteroatoms. The molecule has 2 rings (SSSR count). The maximum Gasteiger partial charge on any atom is 0.127 e. The van der Waals surface area contributed by atoms with E-state index in [-0.39, 0.29) is 0 Å². The molecule has 0 saturated carbocycles. The largest absolute Gasteiger partial charge is 0.497 e. The summed E-state index contributed by atoms with van der Waals surface area (Å²) in [6.07, 6.45) is 1.98. The summed E-state index contributed by atoms with van der Waals surface area (Å²) in [7, 11) is 2.72. The van der Waals surface area contributed by atoms with Crippen molar-refractivity contribution in [1.29, 1.82) is 0 Å². The SMILES string of the molecule is COc1ccc(CNC2CCS(=O)CC2)c(OC)c1. The number of ether oxygens (including phenoxy) is 2. The fraction of sp³-hybridized carbons (Fsp3) is 0.571. The number of hydrogen-bond donors (Lipinski definition) is 1. The predicted molar refractivity (Wildman–Crippen MR) is 77.3 cm³/mol. The first-order valence-corrected chi connectivity index (χ1v) is 8.01. The van der Waals surface area contributed by atoms with Crippen molar-refractivity contribution in [2.75, 3.05) is 25.7 Å². The summed E-state index contributed by atoms with van der Waals surface area (Å²) >= 11 is 0. The summed E-state index contributed by atoms with van der Waals surface area (Å²) in [6.45, 7) is 0.768. The minimum atomic E-state index is -0.601. The van der Waals surface area contributed by atoms with Crippen LogP contribution in [0.25, 0.3) is 0 Å². The van der Waals surface area contributed by atoms with E-state index in [1.807, 2.05) is 18.2 Å². The number of methoxy groups -OCH3 is 2. The molecular formula is C14H21NO3S. The van der Waals surface area contributed by atoms with Crippen molar-refractivity contribution in [1.82, 2.24) is 5.32 Å². The van der Waals surface area contributed by atoms with E-state index >= 15 is 0 Å². The van der Waals surface area contributed by atoms with Crippen molar-refractivity contribution in [3.05, 3.63) is 23.8 Å². The number of nitrogens with one attached hydrogen (secondary N) is 1. The van der Waals surface area contributed by atoms with Crippen molar-refractivity contribution in [2.45, 2.75) is 25.4 Å². The van der Waals surface area contributed by atoms with Crippen LogP contribution in [-0.4, -0.2) is 36.0 Å². The zero-order valence-electron chi connectivity index (χ0n) is 11.5. The summed E-state index contributed by atoms with van der Waals surface area (Å²) in [4.78, 5) is 0. The topological polar surface area (TPSA) is 47.6 Å². The van der Waals surface area contributed by atoms with E-state index in [0.29, 0.717) is 6.04 Å². The van der Waals surface area contributed by atoms with Gasteiger partial charge in [0.25, 0.3) is 0 Å². The quantitative estimate of drug-likeness (QED) is 0.893. The molecule has 1 aromatic rings. The molecule has 1 saturated heterocycles. The fourth-order valence-electron chi connectivity index (χ4n) is 2.25. The van der Waals surface area contributed by atoms with Crippen LogP contribution in [0.2, 0.25) is 0 Å². The van der Waals surface area contributed by atoms with Gasteiger partial charge in [-0.3, -0.25) is 4.21 Å². The van der Waals surface area contributed by atoms with Crippen LogP contribution in [-0.2, 0) is 17.3 Å². The first kappa shape index (κ1) is 14.3. The normalized spacial score (nSPS) is 23.1. The van der Waals surface area contributed by atoms with E-state index in [9.17, 15) is 4.21 Å². The summed E-state index contributed by atoms with van der Waals surface area (Å²) in [5.74, 6) is 3.27. The van der Waals surface area contributed by atoms with Crippen molar-refractivity contribution >= 4 is 10.8 Å². The smallest absolute Gasteiger partial charge is 0.127 e. The molecule has 0 bridgehead atoms. The van der Waals surface area contributed by atoms with E-state index in [1.165, 1.54) is 0 Å². The number of rotatable bonds is 5. The highest BCUT2D eigenvalue weighted by Crippen LogP contribution is 2.24. The van der Waals surface area contributed by atoms with Crippen LogP contribution in [0.1, 0.15) is 18.4 Å². The van der Waals surface area contributed by atoms with Crippen molar-refractivity contribution in [3.63, 3.8) is 0 Å². The Balaban J connectivity index is 1.93. The molecule has 106 valence electrons. The minimum Gasteiger partial charge on any atom is -0.497 e. The third-order valence-electron chi connectivity index (χ3n) is 3.46. The molecule has 0 spiro atoms. The molecule has 1 aliphatic heterocycles. The zero-order chi connectivity index (χ0) is 13.7. The van der Waals surface area contributed by atoms with E-state index in [0.717, 1.165) is 48.0 Å². The van der Waals surface area contributed by atoms with Gasteiger partial charge in [0.15, 0.2) is 0 Å². The highest BCUT2D eigenvalue weighted by atomic mass is 32.2. The second-order valence-corrected chi connectivity index (χ2v) is 6.38. The lowest BCUT2D eigenvalue weighted by Crippen LogP contribution is -2.35. The zero-order valence-corrected chi connectivity index (χ0v) is 12.3.